The topological polar surface area (TPSA) is 94.4 Å². The fourth-order valence-corrected chi connectivity index (χ4v) is 5.03. The van der Waals surface area contributed by atoms with Crippen LogP contribution in [0.25, 0.3) is 10.2 Å². The Morgan fingerprint density at radius 3 is 2.44 bits per heavy atom. The summed E-state index contributed by atoms with van der Waals surface area (Å²) in [6.45, 7) is 8.92. The van der Waals surface area contributed by atoms with Gasteiger partial charge in [-0.05, 0) is 53.0 Å². The van der Waals surface area contributed by atoms with Crippen LogP contribution < -0.4 is 22.1 Å². The fourth-order valence-electron chi connectivity index (χ4n) is 3.79. The number of amides is 1. The Balaban J connectivity index is 1.69. The van der Waals surface area contributed by atoms with Gasteiger partial charge in [-0.2, -0.15) is 0 Å². The Hall–Kier alpha value is -2.27. The van der Waals surface area contributed by atoms with Gasteiger partial charge in [0.1, 0.15) is 10.4 Å². The maximum atomic E-state index is 13.6. The molecule has 176 valence electrons. The van der Waals surface area contributed by atoms with Crippen LogP contribution in [-0.4, -0.2) is 26.8 Å². The summed E-state index contributed by atoms with van der Waals surface area (Å²) in [5.41, 5.74) is 3.75. The molecule has 2 heterocycles. The molecule has 1 unspecified atom stereocenters. The average Bonchev–Trinajstić information content (AvgIpc) is 3.48. The molecule has 2 saturated carbocycles. The Morgan fingerprint density at radius 2 is 1.91 bits per heavy atom. The molecule has 0 saturated heterocycles. The molecular weight excluding hydrogens is 442 g/mol. The minimum Gasteiger partial charge on any atom is -0.443 e. The lowest BCUT2D eigenvalue weighted by Gasteiger charge is -2.19. The number of hydrogen-bond donors (Lipinski definition) is 2. The predicted molar refractivity (Wildman–Crippen MR) is 117 cm³/mol. The molecule has 2 aromatic rings. The van der Waals surface area contributed by atoms with Crippen molar-refractivity contribution in [3.05, 3.63) is 31.3 Å². The lowest BCUT2D eigenvalue weighted by atomic mass is 10.2. The van der Waals surface area contributed by atoms with E-state index in [1.165, 1.54) is 20.5 Å². The van der Waals surface area contributed by atoms with E-state index in [1.807, 2.05) is 6.92 Å². The molecule has 2 fully saturated rings. The molecule has 0 bridgehead atoms. The van der Waals surface area contributed by atoms with Gasteiger partial charge >= 0.3 is 11.8 Å². The van der Waals surface area contributed by atoms with Gasteiger partial charge in [0.15, 0.2) is 0 Å². The maximum absolute atomic E-state index is 13.6. The summed E-state index contributed by atoms with van der Waals surface area (Å²) in [6, 6.07) is 0. The van der Waals surface area contributed by atoms with Crippen LogP contribution in [0.3, 0.4) is 0 Å². The summed E-state index contributed by atoms with van der Waals surface area (Å²) in [5, 5.41) is 0.376. The third kappa shape index (κ3) is 4.19. The van der Waals surface area contributed by atoms with Crippen LogP contribution in [0.1, 0.15) is 57.4 Å². The zero-order valence-corrected chi connectivity index (χ0v) is 19.6. The van der Waals surface area contributed by atoms with Crippen molar-refractivity contribution in [2.45, 2.75) is 84.0 Å². The highest BCUT2D eigenvalue weighted by Gasteiger charge is 2.57. The molecule has 1 amide bonds. The van der Waals surface area contributed by atoms with Crippen LogP contribution in [0.2, 0.25) is 0 Å². The first kappa shape index (κ1) is 22.9. The van der Waals surface area contributed by atoms with Crippen molar-refractivity contribution in [2.24, 2.45) is 5.92 Å². The minimum absolute atomic E-state index is 0.123. The fraction of sp³-hybridized carbons (Fsp3) is 0.667. The lowest BCUT2D eigenvalue weighted by Crippen LogP contribution is -2.45. The van der Waals surface area contributed by atoms with Crippen LogP contribution in [0.4, 0.5) is 13.6 Å². The number of alkyl halides is 2. The molecule has 2 N–H and O–H groups in total. The number of hydrazine groups is 1. The van der Waals surface area contributed by atoms with Gasteiger partial charge in [0, 0.05) is 30.3 Å². The van der Waals surface area contributed by atoms with E-state index in [4.69, 9.17) is 4.74 Å². The second-order valence-electron chi connectivity index (χ2n) is 10.0. The highest BCUT2D eigenvalue weighted by atomic mass is 32.1. The van der Waals surface area contributed by atoms with E-state index in [0.29, 0.717) is 28.6 Å². The number of thiophene rings is 1. The van der Waals surface area contributed by atoms with Crippen molar-refractivity contribution in [1.29, 1.82) is 0 Å². The van der Waals surface area contributed by atoms with Crippen LogP contribution in [0, 0.1) is 12.8 Å². The van der Waals surface area contributed by atoms with Gasteiger partial charge in [-0.1, -0.05) is 0 Å². The molecule has 1 atom stereocenters. The number of aryl methyl sites for hydroxylation is 1. The van der Waals surface area contributed by atoms with Crippen molar-refractivity contribution >= 4 is 27.6 Å². The number of carbonyl (C=O) groups excluding carboxylic acids is 1. The number of aromatic nitrogens is 2. The van der Waals surface area contributed by atoms with Gasteiger partial charge < -0.3 is 4.74 Å². The Kier molecular flexibility index (Phi) is 5.28. The molecule has 0 spiro atoms. The first-order valence-corrected chi connectivity index (χ1v) is 11.4. The molecule has 0 aliphatic heterocycles. The van der Waals surface area contributed by atoms with E-state index >= 15 is 0 Å². The van der Waals surface area contributed by atoms with Crippen LogP contribution in [-0.2, 0) is 23.4 Å². The SMILES string of the molecule is Cc1c(CNNC(=O)OC(C)(C)C)sc2c1c(=O)n(C1(C)CC1)c(=O)n2CC1CC1(F)F. The number of halogens is 2. The van der Waals surface area contributed by atoms with E-state index in [-0.39, 0.29) is 25.1 Å². The molecule has 8 nitrogen and oxygen atoms in total. The van der Waals surface area contributed by atoms with Gasteiger partial charge in [0.2, 0.25) is 0 Å². The van der Waals surface area contributed by atoms with Crippen molar-refractivity contribution in [3.8, 4) is 0 Å². The molecule has 2 aliphatic carbocycles. The van der Waals surface area contributed by atoms with Crippen molar-refractivity contribution in [1.82, 2.24) is 20.0 Å². The number of fused-ring (bicyclic) bond motifs is 1. The largest absolute Gasteiger partial charge is 0.443 e. The molecular formula is C21H28F2N4O4S. The summed E-state index contributed by atoms with van der Waals surface area (Å²) < 4.78 is 35.0. The number of hydrogen-bond acceptors (Lipinski definition) is 6. The number of rotatable bonds is 6. The number of ether oxygens (including phenoxy) is 1. The Morgan fingerprint density at radius 1 is 1.28 bits per heavy atom. The van der Waals surface area contributed by atoms with E-state index in [0.717, 1.165) is 4.88 Å². The molecule has 0 aromatic carbocycles. The monoisotopic (exact) mass is 470 g/mol. The first-order chi connectivity index (χ1) is 14.7. The molecule has 32 heavy (non-hydrogen) atoms. The van der Waals surface area contributed by atoms with Crippen molar-refractivity contribution in [2.75, 3.05) is 0 Å². The molecule has 2 aliphatic rings. The second kappa shape index (κ2) is 7.38. The smallest absolute Gasteiger partial charge is 0.422 e. The van der Waals surface area contributed by atoms with Gasteiger partial charge in [-0.25, -0.2) is 23.8 Å². The quantitative estimate of drug-likeness (QED) is 0.633. The van der Waals surface area contributed by atoms with E-state index in [2.05, 4.69) is 10.9 Å². The third-order valence-corrected chi connectivity index (χ3v) is 7.34. The minimum atomic E-state index is -2.77. The van der Waals surface area contributed by atoms with Crippen LogP contribution >= 0.6 is 11.3 Å². The lowest BCUT2D eigenvalue weighted by molar-refractivity contribution is 0.0497. The summed E-state index contributed by atoms with van der Waals surface area (Å²) in [6.07, 6.45) is 0.499. The van der Waals surface area contributed by atoms with Crippen molar-refractivity contribution < 1.29 is 18.3 Å². The molecule has 4 rings (SSSR count). The highest BCUT2D eigenvalue weighted by Crippen LogP contribution is 2.50. The summed E-state index contributed by atoms with van der Waals surface area (Å²) in [7, 11) is 0. The predicted octanol–water partition coefficient (Wildman–Crippen LogP) is 3.23. The van der Waals surface area contributed by atoms with Crippen LogP contribution in [0.5, 0.6) is 0 Å². The number of carbonyl (C=O) groups is 1. The third-order valence-electron chi connectivity index (χ3n) is 6.02. The van der Waals surface area contributed by atoms with Crippen molar-refractivity contribution in [3.63, 3.8) is 0 Å². The Labute approximate surface area is 187 Å². The average molecular weight is 471 g/mol. The standard InChI is InChI=1S/C21H28F2N4O4S/c1-11-13(9-24-25-17(29)31-19(2,3)4)32-16-14(11)15(28)27(20(5)6-7-20)18(30)26(16)10-12-8-21(12,22)23/h12,24H,6-10H2,1-5H3,(H,25,29). The van der Waals surface area contributed by atoms with Gasteiger partial charge in [-0.3, -0.25) is 19.4 Å². The molecule has 2 aromatic heterocycles. The number of nitrogens with one attached hydrogen (secondary N) is 2. The van der Waals surface area contributed by atoms with Gasteiger partial charge in [0.25, 0.3) is 11.5 Å². The normalized spacial score (nSPS) is 20.9. The molecule has 0 radical (unpaired) electrons. The summed E-state index contributed by atoms with van der Waals surface area (Å²) in [4.78, 5) is 39.5. The number of nitrogens with zero attached hydrogens (tertiary/aromatic N) is 2. The van der Waals surface area contributed by atoms with E-state index in [9.17, 15) is 23.2 Å². The maximum Gasteiger partial charge on any atom is 0.422 e. The van der Waals surface area contributed by atoms with Gasteiger partial charge in [0.05, 0.1) is 10.9 Å². The zero-order chi connectivity index (χ0) is 23.6. The van der Waals surface area contributed by atoms with E-state index in [1.54, 1.807) is 27.7 Å². The van der Waals surface area contributed by atoms with Crippen LogP contribution in [0.15, 0.2) is 9.59 Å². The van der Waals surface area contributed by atoms with Gasteiger partial charge in [-0.15, -0.1) is 11.3 Å². The zero-order valence-electron chi connectivity index (χ0n) is 18.8. The first-order valence-electron chi connectivity index (χ1n) is 10.6. The molecule has 11 heteroatoms. The summed E-state index contributed by atoms with van der Waals surface area (Å²) >= 11 is 1.20. The summed E-state index contributed by atoms with van der Waals surface area (Å²) in [5.74, 6) is -3.68. The second-order valence-corrected chi connectivity index (χ2v) is 11.1. The van der Waals surface area contributed by atoms with E-state index < -0.39 is 34.8 Å². The highest BCUT2D eigenvalue weighted by molar-refractivity contribution is 7.18. The Bertz CT molecular complexity index is 1200.